The lowest BCUT2D eigenvalue weighted by Gasteiger charge is -2.16. The Labute approximate surface area is 127 Å². The van der Waals surface area contributed by atoms with E-state index in [9.17, 15) is 4.39 Å². The summed E-state index contributed by atoms with van der Waals surface area (Å²) in [6.45, 7) is 4.99. The second-order valence-corrected chi connectivity index (χ2v) is 6.23. The number of aryl methyl sites for hydroxylation is 1. The van der Waals surface area contributed by atoms with E-state index in [1.807, 2.05) is 25.4 Å². The van der Waals surface area contributed by atoms with Crippen molar-refractivity contribution >= 4 is 21.4 Å². The van der Waals surface area contributed by atoms with Crippen LogP contribution in [-0.2, 0) is 0 Å². The molecule has 2 nitrogen and oxygen atoms in total. The number of nitrogens with zero attached hydrogens (tertiary/aromatic N) is 1. The van der Waals surface area contributed by atoms with Gasteiger partial charge in [0.1, 0.15) is 5.82 Å². The molecule has 2 aromatic heterocycles. The van der Waals surface area contributed by atoms with Crippen molar-refractivity contribution in [2.24, 2.45) is 0 Å². The van der Waals surface area contributed by atoms with Gasteiger partial charge in [0.2, 0.25) is 0 Å². The molecule has 1 unspecified atom stereocenters. The minimum absolute atomic E-state index is 0.0999. The van der Waals surface area contributed by atoms with E-state index in [1.54, 1.807) is 17.4 Å². The summed E-state index contributed by atoms with van der Waals surface area (Å²) < 4.78 is 14.5. The monoisotopic (exact) mass is 300 g/mol. The molecule has 1 atom stereocenters. The van der Waals surface area contributed by atoms with Crippen molar-refractivity contribution in [2.45, 2.75) is 19.9 Å². The molecule has 108 valence electrons. The zero-order valence-electron chi connectivity index (χ0n) is 12.1. The summed E-state index contributed by atoms with van der Waals surface area (Å²) >= 11 is 1.70. The lowest BCUT2D eigenvalue weighted by molar-refractivity contribution is 0.629. The van der Waals surface area contributed by atoms with E-state index in [0.29, 0.717) is 0 Å². The average molecular weight is 300 g/mol. The van der Waals surface area contributed by atoms with Crippen molar-refractivity contribution in [2.75, 3.05) is 6.54 Å². The fourth-order valence-corrected chi connectivity index (χ4v) is 3.65. The molecule has 0 saturated heterocycles. The van der Waals surface area contributed by atoms with Crippen LogP contribution in [0.4, 0.5) is 4.39 Å². The largest absolute Gasteiger partial charge is 0.306 e. The summed E-state index contributed by atoms with van der Waals surface area (Å²) in [6.07, 6.45) is 3.75. The molecule has 0 aliphatic rings. The quantitative estimate of drug-likeness (QED) is 0.770. The number of hydrogen-bond donors (Lipinski definition) is 1. The maximum absolute atomic E-state index is 13.3. The van der Waals surface area contributed by atoms with Gasteiger partial charge in [0.15, 0.2) is 0 Å². The van der Waals surface area contributed by atoms with Crippen molar-refractivity contribution in [1.29, 1.82) is 0 Å². The molecule has 4 heteroatoms. The zero-order valence-corrected chi connectivity index (χ0v) is 12.9. The number of halogens is 1. The Bertz CT molecular complexity index is 766. The molecule has 0 aliphatic carbocycles. The molecular weight excluding hydrogens is 283 g/mol. The van der Waals surface area contributed by atoms with Gasteiger partial charge in [0.25, 0.3) is 0 Å². The Morgan fingerprint density at radius 3 is 2.86 bits per heavy atom. The van der Waals surface area contributed by atoms with Gasteiger partial charge in [0.05, 0.1) is 6.04 Å². The summed E-state index contributed by atoms with van der Waals surface area (Å²) in [6, 6.07) is 9.26. The molecule has 3 aromatic rings. The van der Waals surface area contributed by atoms with Gasteiger partial charge in [-0.2, -0.15) is 0 Å². The first-order chi connectivity index (χ1) is 10.2. The van der Waals surface area contributed by atoms with E-state index in [4.69, 9.17) is 0 Å². The van der Waals surface area contributed by atoms with Crippen molar-refractivity contribution < 1.29 is 4.39 Å². The van der Waals surface area contributed by atoms with Crippen LogP contribution in [0.3, 0.4) is 0 Å². The Kier molecular flexibility index (Phi) is 3.99. The Balaban J connectivity index is 2.06. The molecule has 21 heavy (non-hydrogen) atoms. The number of pyridine rings is 1. The third kappa shape index (κ3) is 2.96. The first-order valence-electron chi connectivity index (χ1n) is 7.01. The fourth-order valence-electron chi connectivity index (χ4n) is 2.50. The normalized spacial score (nSPS) is 12.7. The van der Waals surface area contributed by atoms with Crippen LogP contribution in [0.15, 0.2) is 42.7 Å². The summed E-state index contributed by atoms with van der Waals surface area (Å²) in [4.78, 5) is 5.47. The van der Waals surface area contributed by atoms with Crippen LogP contribution in [0.25, 0.3) is 10.1 Å². The van der Waals surface area contributed by atoms with E-state index in [1.165, 1.54) is 10.9 Å². The number of thiophene rings is 1. The zero-order chi connectivity index (χ0) is 14.8. The highest BCUT2D eigenvalue weighted by atomic mass is 32.1. The molecule has 1 aromatic carbocycles. The van der Waals surface area contributed by atoms with Gasteiger partial charge in [-0.3, -0.25) is 4.98 Å². The second-order valence-electron chi connectivity index (χ2n) is 5.12. The number of hydrogen-bond acceptors (Lipinski definition) is 3. The number of fused-ring (bicyclic) bond motifs is 1. The summed E-state index contributed by atoms with van der Waals surface area (Å²) in [7, 11) is 0. The van der Waals surface area contributed by atoms with E-state index in [0.717, 1.165) is 27.8 Å². The standard InChI is InChI=1S/C17H17FN2S/c1-3-20-17(13-6-11(2)9-19-10-13)16-8-12-7-14(18)4-5-15(12)21-16/h4-10,17,20H,3H2,1-2H3. The second kappa shape index (κ2) is 5.92. The molecule has 3 rings (SSSR count). The highest BCUT2D eigenvalue weighted by Gasteiger charge is 2.16. The van der Waals surface area contributed by atoms with Gasteiger partial charge >= 0.3 is 0 Å². The molecule has 0 bridgehead atoms. The van der Waals surface area contributed by atoms with Crippen LogP contribution >= 0.6 is 11.3 Å². The number of aromatic nitrogens is 1. The van der Waals surface area contributed by atoms with Crippen LogP contribution in [0.5, 0.6) is 0 Å². The summed E-state index contributed by atoms with van der Waals surface area (Å²) in [5.74, 6) is -0.191. The molecule has 0 aliphatic heterocycles. The van der Waals surface area contributed by atoms with Gasteiger partial charge in [-0.1, -0.05) is 13.0 Å². The van der Waals surface area contributed by atoms with Crippen molar-refractivity contribution in [1.82, 2.24) is 10.3 Å². The van der Waals surface area contributed by atoms with Crippen LogP contribution in [0.2, 0.25) is 0 Å². The van der Waals surface area contributed by atoms with E-state index in [-0.39, 0.29) is 11.9 Å². The van der Waals surface area contributed by atoms with Crippen LogP contribution in [-0.4, -0.2) is 11.5 Å². The maximum atomic E-state index is 13.3. The highest BCUT2D eigenvalue weighted by molar-refractivity contribution is 7.19. The summed E-state index contributed by atoms with van der Waals surface area (Å²) in [5, 5.41) is 4.45. The molecule has 0 spiro atoms. The lowest BCUT2D eigenvalue weighted by Crippen LogP contribution is -2.21. The van der Waals surface area contributed by atoms with Gasteiger partial charge in [0, 0.05) is 22.0 Å². The predicted octanol–water partition coefficient (Wildman–Crippen LogP) is 4.44. The molecule has 1 N–H and O–H groups in total. The SMILES string of the molecule is CCNC(c1cncc(C)c1)c1cc2cc(F)ccc2s1. The predicted molar refractivity (Wildman–Crippen MR) is 86.3 cm³/mol. The maximum Gasteiger partial charge on any atom is 0.123 e. The molecular formula is C17H17FN2S. The van der Waals surface area contributed by atoms with Crippen molar-refractivity contribution in [3.63, 3.8) is 0 Å². The van der Waals surface area contributed by atoms with E-state index >= 15 is 0 Å². The lowest BCUT2D eigenvalue weighted by atomic mass is 10.1. The molecule has 0 amide bonds. The Hall–Kier alpha value is -1.78. The number of benzene rings is 1. The Morgan fingerprint density at radius 1 is 1.24 bits per heavy atom. The molecule has 0 radical (unpaired) electrons. The first kappa shape index (κ1) is 14.2. The third-order valence-electron chi connectivity index (χ3n) is 3.42. The number of nitrogens with one attached hydrogen (secondary N) is 1. The van der Waals surface area contributed by atoms with E-state index in [2.05, 4.69) is 29.4 Å². The average Bonchev–Trinajstić information content (AvgIpc) is 2.87. The first-order valence-corrected chi connectivity index (χ1v) is 7.83. The number of rotatable bonds is 4. The molecule has 0 fully saturated rings. The van der Waals surface area contributed by atoms with Gasteiger partial charge in [-0.15, -0.1) is 11.3 Å². The van der Waals surface area contributed by atoms with Crippen molar-refractivity contribution in [3.05, 3.63) is 64.5 Å². The highest BCUT2D eigenvalue weighted by Crippen LogP contribution is 2.33. The van der Waals surface area contributed by atoms with Crippen LogP contribution in [0.1, 0.15) is 29.0 Å². The summed E-state index contributed by atoms with van der Waals surface area (Å²) in [5.41, 5.74) is 2.28. The van der Waals surface area contributed by atoms with Gasteiger partial charge < -0.3 is 5.32 Å². The van der Waals surface area contributed by atoms with Crippen LogP contribution < -0.4 is 5.32 Å². The minimum atomic E-state index is -0.191. The topological polar surface area (TPSA) is 24.9 Å². The van der Waals surface area contributed by atoms with E-state index < -0.39 is 0 Å². The van der Waals surface area contributed by atoms with Crippen LogP contribution in [0, 0.1) is 12.7 Å². The van der Waals surface area contributed by atoms with Gasteiger partial charge in [-0.25, -0.2) is 4.39 Å². The van der Waals surface area contributed by atoms with Gasteiger partial charge in [-0.05, 0) is 54.2 Å². The smallest absolute Gasteiger partial charge is 0.123 e. The molecule has 0 saturated carbocycles. The minimum Gasteiger partial charge on any atom is -0.306 e. The third-order valence-corrected chi connectivity index (χ3v) is 4.60. The Morgan fingerprint density at radius 2 is 2.10 bits per heavy atom. The molecule has 2 heterocycles. The fraction of sp³-hybridized carbons (Fsp3) is 0.235. The van der Waals surface area contributed by atoms with Crippen molar-refractivity contribution in [3.8, 4) is 0 Å².